The molecule has 0 saturated carbocycles. The number of aromatic nitrogens is 1. The van der Waals surface area contributed by atoms with E-state index in [0.29, 0.717) is 30.8 Å². The Balaban J connectivity index is 2.90. The van der Waals surface area contributed by atoms with Crippen LogP contribution in [0.2, 0.25) is 0 Å². The Morgan fingerprint density at radius 3 is 2.53 bits per heavy atom. The highest BCUT2D eigenvalue weighted by Crippen LogP contribution is 2.07. The molecule has 0 aliphatic rings. The zero-order valence-corrected chi connectivity index (χ0v) is 11.3. The van der Waals surface area contributed by atoms with E-state index in [1.54, 1.807) is 17.0 Å². The number of carbonyl (C=O) groups is 2. The zero-order chi connectivity index (χ0) is 14.3. The largest absolute Gasteiger partial charge is 0.349 e. The van der Waals surface area contributed by atoms with Gasteiger partial charge in [0.15, 0.2) is 0 Å². The number of rotatable bonds is 6. The lowest BCUT2D eigenvalue weighted by molar-refractivity contribution is 0.0772. The maximum absolute atomic E-state index is 12.1. The van der Waals surface area contributed by atoms with Crippen LogP contribution in [0, 0.1) is 0 Å². The average molecular weight is 261 g/mol. The summed E-state index contributed by atoms with van der Waals surface area (Å²) in [6.45, 7) is 8.99. The summed E-state index contributed by atoms with van der Waals surface area (Å²) in [6, 6.07) is 1.56. The molecular formula is C14H19N3O2. The van der Waals surface area contributed by atoms with Gasteiger partial charge in [0.05, 0.1) is 11.1 Å². The Kier molecular flexibility index (Phi) is 5.73. The Bertz CT molecular complexity index is 468. The fraction of sp³-hybridized carbons (Fsp3) is 0.357. The number of carbonyl (C=O) groups excluding carboxylic acids is 2. The molecule has 0 aliphatic carbocycles. The van der Waals surface area contributed by atoms with E-state index in [-0.39, 0.29) is 11.8 Å². The highest BCUT2D eigenvalue weighted by atomic mass is 16.2. The van der Waals surface area contributed by atoms with E-state index >= 15 is 0 Å². The number of nitrogens with one attached hydrogen (secondary N) is 1. The second-order valence-corrected chi connectivity index (χ2v) is 3.94. The van der Waals surface area contributed by atoms with Crippen LogP contribution in [0.4, 0.5) is 0 Å². The molecule has 0 bridgehead atoms. The van der Waals surface area contributed by atoms with Crippen molar-refractivity contribution in [2.24, 2.45) is 0 Å². The van der Waals surface area contributed by atoms with E-state index in [1.807, 2.05) is 13.8 Å². The van der Waals surface area contributed by atoms with Gasteiger partial charge in [-0.05, 0) is 19.9 Å². The molecule has 0 unspecified atom stereocenters. The fourth-order valence-electron chi connectivity index (χ4n) is 1.64. The molecule has 5 nitrogen and oxygen atoms in total. The number of hydrogen-bond acceptors (Lipinski definition) is 3. The lowest BCUT2D eigenvalue weighted by atomic mass is 10.1. The van der Waals surface area contributed by atoms with Gasteiger partial charge in [-0.3, -0.25) is 14.6 Å². The number of amides is 2. The lowest BCUT2D eigenvalue weighted by Crippen LogP contribution is -2.31. The van der Waals surface area contributed by atoms with Gasteiger partial charge in [0.1, 0.15) is 0 Å². The number of nitrogens with zero attached hydrogens (tertiary/aromatic N) is 2. The van der Waals surface area contributed by atoms with Crippen molar-refractivity contribution < 1.29 is 9.59 Å². The van der Waals surface area contributed by atoms with Crippen molar-refractivity contribution in [3.63, 3.8) is 0 Å². The third-order valence-corrected chi connectivity index (χ3v) is 2.70. The quantitative estimate of drug-likeness (QED) is 0.789. The fourth-order valence-corrected chi connectivity index (χ4v) is 1.64. The molecule has 2 amide bonds. The van der Waals surface area contributed by atoms with Gasteiger partial charge in [-0.15, -0.1) is 6.58 Å². The van der Waals surface area contributed by atoms with Gasteiger partial charge in [0, 0.05) is 32.0 Å². The van der Waals surface area contributed by atoms with Crippen molar-refractivity contribution in [2.45, 2.75) is 13.8 Å². The van der Waals surface area contributed by atoms with Crippen molar-refractivity contribution in [3.8, 4) is 0 Å². The summed E-state index contributed by atoms with van der Waals surface area (Å²) in [6.07, 6.45) is 4.51. The normalized spacial score (nSPS) is 9.79. The minimum atomic E-state index is -0.262. The molecule has 5 heteroatoms. The van der Waals surface area contributed by atoms with E-state index in [9.17, 15) is 9.59 Å². The van der Waals surface area contributed by atoms with Crippen LogP contribution in [0.25, 0.3) is 0 Å². The molecule has 0 aliphatic heterocycles. The Labute approximate surface area is 113 Å². The van der Waals surface area contributed by atoms with Crippen LogP contribution in [0.15, 0.2) is 31.1 Å². The third kappa shape index (κ3) is 3.91. The summed E-state index contributed by atoms with van der Waals surface area (Å²) >= 11 is 0. The van der Waals surface area contributed by atoms with Gasteiger partial charge < -0.3 is 10.2 Å². The first-order chi connectivity index (χ1) is 9.13. The molecule has 0 radical (unpaired) electrons. The van der Waals surface area contributed by atoms with Crippen LogP contribution in [0.3, 0.4) is 0 Å². The smallest absolute Gasteiger partial charge is 0.255 e. The van der Waals surface area contributed by atoms with Crippen molar-refractivity contribution in [2.75, 3.05) is 19.6 Å². The van der Waals surface area contributed by atoms with Gasteiger partial charge in [-0.2, -0.15) is 0 Å². The summed E-state index contributed by atoms with van der Waals surface area (Å²) in [4.78, 5) is 29.5. The Hall–Kier alpha value is -2.17. The highest BCUT2D eigenvalue weighted by Gasteiger charge is 2.15. The van der Waals surface area contributed by atoms with E-state index < -0.39 is 0 Å². The first-order valence-electron chi connectivity index (χ1n) is 6.27. The topological polar surface area (TPSA) is 62.3 Å². The maximum atomic E-state index is 12.1. The van der Waals surface area contributed by atoms with Crippen molar-refractivity contribution in [1.82, 2.24) is 15.2 Å². The average Bonchev–Trinajstić information content (AvgIpc) is 2.46. The van der Waals surface area contributed by atoms with Crippen LogP contribution in [0.5, 0.6) is 0 Å². The van der Waals surface area contributed by atoms with Crippen LogP contribution >= 0.6 is 0 Å². The van der Waals surface area contributed by atoms with E-state index in [2.05, 4.69) is 16.9 Å². The second-order valence-electron chi connectivity index (χ2n) is 3.94. The highest BCUT2D eigenvalue weighted by molar-refractivity contribution is 5.99. The molecule has 0 saturated heterocycles. The summed E-state index contributed by atoms with van der Waals surface area (Å²) in [5, 5.41) is 2.65. The summed E-state index contributed by atoms with van der Waals surface area (Å²) in [5.41, 5.74) is 0.801. The molecule has 102 valence electrons. The molecule has 0 spiro atoms. The van der Waals surface area contributed by atoms with Crippen molar-refractivity contribution in [3.05, 3.63) is 42.2 Å². The Morgan fingerprint density at radius 2 is 1.95 bits per heavy atom. The van der Waals surface area contributed by atoms with Gasteiger partial charge in [0.25, 0.3) is 11.8 Å². The van der Waals surface area contributed by atoms with Crippen LogP contribution in [-0.4, -0.2) is 41.3 Å². The predicted octanol–water partition coefficient (Wildman–Crippen LogP) is 1.48. The van der Waals surface area contributed by atoms with E-state index in [1.165, 1.54) is 12.4 Å². The van der Waals surface area contributed by atoms with Gasteiger partial charge in [0.2, 0.25) is 0 Å². The molecule has 1 aromatic heterocycles. The van der Waals surface area contributed by atoms with Crippen LogP contribution in [-0.2, 0) is 0 Å². The first kappa shape index (κ1) is 14.9. The minimum Gasteiger partial charge on any atom is -0.349 e. The summed E-state index contributed by atoms with van der Waals surface area (Å²) < 4.78 is 0. The van der Waals surface area contributed by atoms with Crippen molar-refractivity contribution in [1.29, 1.82) is 0 Å². The summed E-state index contributed by atoms with van der Waals surface area (Å²) in [7, 11) is 0. The SMILES string of the molecule is C=CCNC(=O)c1cncc(C(=O)N(CC)CC)c1. The Morgan fingerprint density at radius 1 is 1.32 bits per heavy atom. The first-order valence-corrected chi connectivity index (χ1v) is 6.27. The molecule has 0 atom stereocenters. The zero-order valence-electron chi connectivity index (χ0n) is 11.3. The third-order valence-electron chi connectivity index (χ3n) is 2.70. The molecular weight excluding hydrogens is 242 g/mol. The van der Waals surface area contributed by atoms with Gasteiger partial charge in [-0.25, -0.2) is 0 Å². The molecule has 1 heterocycles. The van der Waals surface area contributed by atoms with Crippen molar-refractivity contribution >= 4 is 11.8 Å². The van der Waals surface area contributed by atoms with Crippen LogP contribution in [0.1, 0.15) is 34.6 Å². The monoisotopic (exact) mass is 261 g/mol. The van der Waals surface area contributed by atoms with Gasteiger partial charge >= 0.3 is 0 Å². The molecule has 0 fully saturated rings. The minimum absolute atomic E-state index is 0.115. The number of pyridine rings is 1. The predicted molar refractivity (Wildman–Crippen MR) is 74.0 cm³/mol. The molecule has 1 rings (SSSR count). The lowest BCUT2D eigenvalue weighted by Gasteiger charge is -2.18. The molecule has 1 N–H and O–H groups in total. The molecule has 19 heavy (non-hydrogen) atoms. The number of hydrogen-bond donors (Lipinski definition) is 1. The maximum Gasteiger partial charge on any atom is 0.255 e. The van der Waals surface area contributed by atoms with Gasteiger partial charge in [-0.1, -0.05) is 6.08 Å². The van der Waals surface area contributed by atoms with Crippen LogP contribution < -0.4 is 5.32 Å². The van der Waals surface area contributed by atoms with E-state index in [4.69, 9.17) is 0 Å². The standard InChI is InChI=1S/C14H19N3O2/c1-4-7-16-13(18)11-8-12(10-15-9-11)14(19)17(5-2)6-3/h4,8-10H,1,5-7H2,2-3H3,(H,16,18). The molecule has 0 aromatic carbocycles. The van der Waals surface area contributed by atoms with E-state index in [0.717, 1.165) is 0 Å². The molecule has 1 aromatic rings. The summed E-state index contributed by atoms with van der Waals surface area (Å²) in [5.74, 6) is -0.377. The second kappa shape index (κ2) is 7.31.